The fourth-order valence-corrected chi connectivity index (χ4v) is 2.38. The van der Waals surface area contributed by atoms with Crippen LogP contribution < -0.4 is 11.1 Å². The van der Waals surface area contributed by atoms with Crippen LogP contribution in [0.3, 0.4) is 0 Å². The minimum atomic E-state index is -0.402. The molecule has 3 N–H and O–H groups in total. The van der Waals surface area contributed by atoms with Crippen molar-refractivity contribution in [3.63, 3.8) is 0 Å². The highest BCUT2D eigenvalue weighted by Crippen LogP contribution is 2.11. The number of aryl methyl sites for hydroxylation is 1. The van der Waals surface area contributed by atoms with Crippen molar-refractivity contribution in [2.75, 3.05) is 25.5 Å². The second-order valence-electron chi connectivity index (χ2n) is 6.98. The lowest BCUT2D eigenvalue weighted by Crippen LogP contribution is -2.13. The molecule has 0 saturated heterocycles. The summed E-state index contributed by atoms with van der Waals surface area (Å²) in [4.78, 5) is 36.4. The summed E-state index contributed by atoms with van der Waals surface area (Å²) in [6, 6.07) is 14.8. The van der Waals surface area contributed by atoms with E-state index in [1.54, 1.807) is 44.3 Å². The molecule has 0 fully saturated rings. The van der Waals surface area contributed by atoms with Gasteiger partial charge in [0.25, 0.3) is 0 Å². The molecular weight excluding hydrogens is 430 g/mol. The molecular formula is C27H37N3O4. The number of nitrogens with one attached hydrogen (secondary N) is 1. The van der Waals surface area contributed by atoms with E-state index >= 15 is 0 Å². The van der Waals surface area contributed by atoms with Gasteiger partial charge in [0.15, 0.2) is 5.78 Å². The molecule has 0 bridgehead atoms. The first-order chi connectivity index (χ1) is 16.3. The van der Waals surface area contributed by atoms with E-state index in [4.69, 9.17) is 10.5 Å². The predicted molar refractivity (Wildman–Crippen MR) is 140 cm³/mol. The molecule has 7 heteroatoms. The predicted octanol–water partition coefficient (Wildman–Crippen LogP) is 5.24. The summed E-state index contributed by atoms with van der Waals surface area (Å²) in [5, 5.41) is 2.66. The van der Waals surface area contributed by atoms with Crippen LogP contribution in [0.2, 0.25) is 0 Å². The van der Waals surface area contributed by atoms with Gasteiger partial charge in [-0.05, 0) is 68.6 Å². The molecule has 2 aromatic carbocycles. The number of ketones is 1. The number of hydrogen-bond donors (Lipinski definition) is 2. The second-order valence-corrected chi connectivity index (χ2v) is 6.98. The molecule has 0 aromatic heterocycles. The number of amides is 1. The van der Waals surface area contributed by atoms with Gasteiger partial charge in [0.2, 0.25) is 0 Å². The van der Waals surface area contributed by atoms with E-state index < -0.39 is 6.09 Å². The van der Waals surface area contributed by atoms with Crippen LogP contribution >= 0.6 is 0 Å². The summed E-state index contributed by atoms with van der Waals surface area (Å²) in [7, 11) is 1.66. The molecule has 0 unspecified atom stereocenters. The lowest BCUT2D eigenvalue weighted by Gasteiger charge is -2.05. The summed E-state index contributed by atoms with van der Waals surface area (Å²) >= 11 is 0. The van der Waals surface area contributed by atoms with Gasteiger partial charge in [-0.3, -0.25) is 19.9 Å². The standard InChI is InChI=1S/C13H13NO2.C11H15NO2.C3H9N/c1-10(16)3-8-13(14-2)12-6-4-11(9-15)5-7-12;1-3-9-6-5-7-10(8-9)12-11(13)14-4-2;1-2-3-4/h3-9H,1-2H3;5-8H,3-4H2,1-2H3,(H,12,13);2-4H2,1H3/b8-3-,14-13?;;. The number of ether oxygens (including phenoxy) is 1. The maximum Gasteiger partial charge on any atom is 0.411 e. The lowest BCUT2D eigenvalue weighted by molar-refractivity contribution is -0.112. The SMILES string of the molecule is CCCN.CCOC(=O)Nc1cccc(CC)c1.CN=C(/C=C\C(C)=O)c1ccc(C=O)cc1. The minimum Gasteiger partial charge on any atom is -0.450 e. The Labute approximate surface area is 203 Å². The van der Waals surface area contributed by atoms with Crippen LogP contribution in [0.4, 0.5) is 10.5 Å². The van der Waals surface area contributed by atoms with Gasteiger partial charge in [-0.25, -0.2) is 4.79 Å². The quantitative estimate of drug-likeness (QED) is 0.313. The van der Waals surface area contributed by atoms with Gasteiger partial charge in [0.1, 0.15) is 6.29 Å². The van der Waals surface area contributed by atoms with Gasteiger partial charge in [-0.2, -0.15) is 0 Å². The number of carbonyl (C=O) groups excluding carboxylic acids is 3. The van der Waals surface area contributed by atoms with Crippen LogP contribution in [0.25, 0.3) is 0 Å². The summed E-state index contributed by atoms with van der Waals surface area (Å²) in [6.07, 6.45) is 5.57. The Bertz CT molecular complexity index is 933. The zero-order chi connectivity index (χ0) is 25.8. The van der Waals surface area contributed by atoms with E-state index in [0.717, 1.165) is 36.9 Å². The molecule has 0 aliphatic heterocycles. The van der Waals surface area contributed by atoms with E-state index in [9.17, 15) is 14.4 Å². The maximum atomic E-state index is 11.1. The van der Waals surface area contributed by atoms with Gasteiger partial charge in [-0.15, -0.1) is 0 Å². The maximum absolute atomic E-state index is 11.1. The number of rotatable bonds is 8. The number of aldehydes is 1. The molecule has 0 heterocycles. The monoisotopic (exact) mass is 467 g/mol. The highest BCUT2D eigenvalue weighted by atomic mass is 16.5. The molecule has 0 spiro atoms. The van der Waals surface area contributed by atoms with Crippen LogP contribution in [0.15, 0.2) is 65.7 Å². The summed E-state index contributed by atoms with van der Waals surface area (Å²) in [6.45, 7) is 8.60. The van der Waals surface area contributed by atoms with Crippen molar-refractivity contribution in [3.05, 3.63) is 77.4 Å². The van der Waals surface area contributed by atoms with Gasteiger partial charge in [0, 0.05) is 18.3 Å². The van der Waals surface area contributed by atoms with Crippen LogP contribution in [0.5, 0.6) is 0 Å². The first kappa shape index (κ1) is 30.4. The Hall–Kier alpha value is -3.58. The zero-order valence-electron chi connectivity index (χ0n) is 20.8. The molecule has 2 aromatic rings. The molecule has 0 saturated carbocycles. The van der Waals surface area contributed by atoms with Crippen molar-refractivity contribution >= 4 is 29.6 Å². The van der Waals surface area contributed by atoms with Crippen molar-refractivity contribution in [2.24, 2.45) is 10.7 Å². The number of aliphatic imine (C=N–C) groups is 1. The molecule has 2 rings (SSSR count). The number of nitrogens with two attached hydrogens (primary N) is 1. The van der Waals surface area contributed by atoms with Crippen LogP contribution in [-0.4, -0.2) is 44.1 Å². The average Bonchev–Trinajstić information content (AvgIpc) is 2.85. The van der Waals surface area contributed by atoms with E-state index in [2.05, 4.69) is 24.2 Å². The number of anilines is 1. The fraction of sp³-hybridized carbons (Fsp3) is 0.333. The number of benzene rings is 2. The molecule has 0 atom stereocenters. The third kappa shape index (κ3) is 13.8. The third-order valence-corrected chi connectivity index (χ3v) is 4.21. The van der Waals surface area contributed by atoms with Crippen molar-refractivity contribution in [2.45, 2.75) is 40.5 Å². The highest BCUT2D eigenvalue weighted by Gasteiger charge is 2.01. The topological polar surface area (TPSA) is 111 Å². The van der Waals surface area contributed by atoms with Crippen LogP contribution in [0, 0.1) is 0 Å². The molecule has 0 aliphatic rings. The number of nitrogens with zero attached hydrogens (tertiary/aromatic N) is 1. The van der Waals surface area contributed by atoms with Gasteiger partial charge in [0.05, 0.1) is 12.3 Å². The molecule has 184 valence electrons. The molecule has 7 nitrogen and oxygen atoms in total. The smallest absolute Gasteiger partial charge is 0.411 e. The van der Waals surface area contributed by atoms with Crippen LogP contribution in [-0.2, 0) is 16.0 Å². The Morgan fingerprint density at radius 1 is 1.06 bits per heavy atom. The summed E-state index contributed by atoms with van der Waals surface area (Å²) in [5.74, 6) is -0.0225. The second kappa shape index (κ2) is 18.9. The van der Waals surface area contributed by atoms with E-state index in [-0.39, 0.29) is 5.78 Å². The average molecular weight is 468 g/mol. The van der Waals surface area contributed by atoms with Crippen molar-refractivity contribution in [1.82, 2.24) is 0 Å². The zero-order valence-corrected chi connectivity index (χ0v) is 20.8. The number of carbonyl (C=O) groups is 3. The normalized spacial score (nSPS) is 10.4. The molecule has 0 aliphatic carbocycles. The van der Waals surface area contributed by atoms with Gasteiger partial charge < -0.3 is 10.5 Å². The first-order valence-electron chi connectivity index (χ1n) is 11.3. The molecule has 34 heavy (non-hydrogen) atoms. The molecule has 0 radical (unpaired) electrons. The third-order valence-electron chi connectivity index (χ3n) is 4.21. The van der Waals surface area contributed by atoms with Gasteiger partial charge in [-0.1, -0.05) is 50.2 Å². The minimum absolute atomic E-state index is 0.0225. The van der Waals surface area contributed by atoms with Crippen molar-refractivity contribution in [1.29, 1.82) is 0 Å². The highest BCUT2D eigenvalue weighted by molar-refractivity contribution is 6.11. The van der Waals surface area contributed by atoms with E-state index in [1.165, 1.54) is 18.6 Å². The van der Waals surface area contributed by atoms with Crippen molar-refractivity contribution < 1.29 is 19.1 Å². The Morgan fingerprint density at radius 3 is 2.18 bits per heavy atom. The Morgan fingerprint density at radius 2 is 1.71 bits per heavy atom. The lowest BCUT2D eigenvalue weighted by atomic mass is 10.1. The van der Waals surface area contributed by atoms with E-state index in [1.807, 2.05) is 24.3 Å². The number of allylic oxidation sites excluding steroid dienone is 2. The van der Waals surface area contributed by atoms with E-state index in [0.29, 0.717) is 17.9 Å². The summed E-state index contributed by atoms with van der Waals surface area (Å²) < 4.78 is 4.77. The van der Waals surface area contributed by atoms with Crippen molar-refractivity contribution in [3.8, 4) is 0 Å². The number of hydrogen-bond acceptors (Lipinski definition) is 6. The molecule has 1 amide bonds. The van der Waals surface area contributed by atoms with Crippen LogP contribution in [0.1, 0.15) is 55.6 Å². The Balaban J connectivity index is 0.000000557. The Kier molecular flexibility index (Phi) is 16.9. The largest absolute Gasteiger partial charge is 0.450 e. The van der Waals surface area contributed by atoms with Gasteiger partial charge >= 0.3 is 6.09 Å². The summed E-state index contributed by atoms with van der Waals surface area (Å²) in [5.41, 5.74) is 9.22. The first-order valence-corrected chi connectivity index (χ1v) is 11.3. The fourth-order valence-electron chi connectivity index (χ4n) is 2.38.